The fourth-order valence-electron chi connectivity index (χ4n) is 4.75. The molecule has 1 aliphatic heterocycles. The Morgan fingerprint density at radius 1 is 0.857 bits per heavy atom. The summed E-state index contributed by atoms with van der Waals surface area (Å²) < 4.78 is 23.1. The van der Waals surface area contributed by atoms with E-state index in [2.05, 4.69) is 29.5 Å². The lowest BCUT2D eigenvalue weighted by molar-refractivity contribution is -0.125. The molecule has 2 aromatic carbocycles. The number of methoxy groups -OCH3 is 1. The maximum Gasteiger partial charge on any atom is 0.227 e. The van der Waals surface area contributed by atoms with Gasteiger partial charge in [0.15, 0.2) is 0 Å². The van der Waals surface area contributed by atoms with Gasteiger partial charge in [0, 0.05) is 43.7 Å². The van der Waals surface area contributed by atoms with Crippen LogP contribution >= 0.6 is 0 Å². The van der Waals surface area contributed by atoms with E-state index in [0.29, 0.717) is 59.3 Å². The molecule has 42 heavy (non-hydrogen) atoms. The zero-order chi connectivity index (χ0) is 29.7. The van der Waals surface area contributed by atoms with E-state index in [1.165, 1.54) is 0 Å². The molecule has 11 nitrogen and oxygen atoms in total. The predicted octanol–water partition coefficient (Wildman–Crippen LogP) is 3.63. The fourth-order valence-corrected chi connectivity index (χ4v) is 4.75. The summed E-state index contributed by atoms with van der Waals surface area (Å²) in [6.07, 6.45) is 0.162. The SMILES string of the molecule is COCCOCCOCCOCCNC(=O)CCC(=O)N1Cc2ccccc2-c2c(nnn2C(C)C)-c2ccccc21. The minimum absolute atomic E-state index is 0.0784. The number of ether oxygens (including phenoxy) is 4. The molecule has 0 spiro atoms. The zero-order valence-corrected chi connectivity index (χ0v) is 24.7. The summed E-state index contributed by atoms with van der Waals surface area (Å²) in [5, 5.41) is 11.8. The van der Waals surface area contributed by atoms with Crippen molar-refractivity contribution in [2.24, 2.45) is 0 Å². The molecule has 0 saturated heterocycles. The third-order valence-electron chi connectivity index (χ3n) is 6.85. The van der Waals surface area contributed by atoms with Crippen molar-refractivity contribution in [3.63, 3.8) is 0 Å². The first-order chi connectivity index (χ1) is 20.5. The first kappa shape index (κ1) is 31.3. The summed E-state index contributed by atoms with van der Waals surface area (Å²) in [5.74, 6) is -0.328. The molecule has 2 amide bonds. The van der Waals surface area contributed by atoms with E-state index in [0.717, 1.165) is 33.8 Å². The van der Waals surface area contributed by atoms with Gasteiger partial charge in [0.2, 0.25) is 11.8 Å². The van der Waals surface area contributed by atoms with E-state index in [9.17, 15) is 9.59 Å². The number of anilines is 1. The average Bonchev–Trinajstić information content (AvgIpc) is 3.43. The van der Waals surface area contributed by atoms with Crippen LogP contribution in [0.3, 0.4) is 0 Å². The Morgan fingerprint density at radius 3 is 2.21 bits per heavy atom. The molecule has 1 aromatic heterocycles. The number of fused-ring (bicyclic) bond motifs is 5. The lowest BCUT2D eigenvalue weighted by Gasteiger charge is -2.28. The number of nitrogens with zero attached hydrogens (tertiary/aromatic N) is 4. The van der Waals surface area contributed by atoms with E-state index in [4.69, 9.17) is 18.9 Å². The summed E-state index contributed by atoms with van der Waals surface area (Å²) in [7, 11) is 1.63. The van der Waals surface area contributed by atoms with Crippen molar-refractivity contribution in [1.29, 1.82) is 0 Å². The van der Waals surface area contributed by atoms with Crippen LogP contribution < -0.4 is 10.2 Å². The summed E-state index contributed by atoms with van der Waals surface area (Å²) in [5.41, 5.74) is 5.27. The standard InChI is InChI=1S/C31H41N5O6/c1-23(2)36-31-25-9-5-4-8-24(25)22-35(27-11-7-6-10-26(27)30(31)33-34-36)29(38)13-12-28(37)32-14-15-40-18-19-42-21-20-41-17-16-39-3/h4-11,23H,12-22H2,1-3H3,(H,32,37). The maximum absolute atomic E-state index is 13.6. The van der Waals surface area contributed by atoms with E-state index in [1.54, 1.807) is 12.0 Å². The van der Waals surface area contributed by atoms with Crippen molar-refractivity contribution in [2.45, 2.75) is 39.3 Å². The lowest BCUT2D eigenvalue weighted by atomic mass is 9.95. The molecular formula is C31H41N5O6. The Hall–Kier alpha value is -3.64. The number of carbonyl (C=O) groups excluding carboxylic acids is 2. The summed E-state index contributed by atoms with van der Waals surface area (Å²) in [6.45, 7) is 8.24. The predicted molar refractivity (Wildman–Crippen MR) is 159 cm³/mol. The van der Waals surface area contributed by atoms with Gasteiger partial charge in [-0.2, -0.15) is 0 Å². The van der Waals surface area contributed by atoms with Crippen LogP contribution in [-0.2, 0) is 35.1 Å². The Kier molecular flexibility index (Phi) is 12.0. The molecule has 0 unspecified atom stereocenters. The fraction of sp³-hybridized carbons (Fsp3) is 0.484. The van der Waals surface area contributed by atoms with Crippen molar-refractivity contribution in [3.05, 3.63) is 54.1 Å². The molecule has 0 bridgehead atoms. The highest BCUT2D eigenvalue weighted by Crippen LogP contribution is 2.41. The summed E-state index contributed by atoms with van der Waals surface area (Å²) in [6, 6.07) is 15.9. The van der Waals surface area contributed by atoms with E-state index in [1.807, 2.05) is 53.2 Å². The first-order valence-corrected chi connectivity index (χ1v) is 14.4. The summed E-state index contributed by atoms with van der Waals surface area (Å²) in [4.78, 5) is 27.8. The minimum Gasteiger partial charge on any atom is -0.382 e. The Morgan fingerprint density at radius 2 is 1.50 bits per heavy atom. The van der Waals surface area contributed by atoms with Crippen molar-refractivity contribution in [1.82, 2.24) is 20.3 Å². The second-order valence-electron chi connectivity index (χ2n) is 10.2. The maximum atomic E-state index is 13.6. The van der Waals surface area contributed by atoms with E-state index in [-0.39, 0.29) is 30.7 Å². The molecule has 0 aliphatic carbocycles. The molecule has 0 atom stereocenters. The van der Waals surface area contributed by atoms with Crippen molar-refractivity contribution in [2.75, 3.05) is 64.8 Å². The van der Waals surface area contributed by atoms with Crippen molar-refractivity contribution in [3.8, 4) is 22.5 Å². The Balaban J connectivity index is 1.30. The van der Waals surface area contributed by atoms with Gasteiger partial charge in [-0.1, -0.05) is 47.7 Å². The molecular weight excluding hydrogens is 538 g/mol. The van der Waals surface area contributed by atoms with Gasteiger partial charge in [-0.05, 0) is 25.5 Å². The number of benzene rings is 2. The second kappa shape index (κ2) is 16.1. The van der Waals surface area contributed by atoms with Gasteiger partial charge >= 0.3 is 0 Å². The number of hydrogen-bond acceptors (Lipinski definition) is 8. The van der Waals surface area contributed by atoms with Crippen LogP contribution in [0.1, 0.15) is 38.3 Å². The molecule has 0 fully saturated rings. The Labute approximate surface area is 247 Å². The molecule has 3 aromatic rings. The minimum atomic E-state index is -0.195. The number of carbonyl (C=O) groups is 2. The lowest BCUT2D eigenvalue weighted by Crippen LogP contribution is -2.34. The van der Waals surface area contributed by atoms with Crippen LogP contribution in [0.2, 0.25) is 0 Å². The van der Waals surface area contributed by atoms with Crippen LogP contribution in [0.25, 0.3) is 22.5 Å². The molecule has 2 heterocycles. The highest BCUT2D eigenvalue weighted by molar-refractivity contribution is 6.01. The molecule has 0 radical (unpaired) electrons. The first-order valence-electron chi connectivity index (χ1n) is 14.4. The molecule has 11 heteroatoms. The second-order valence-corrected chi connectivity index (χ2v) is 10.2. The average molecular weight is 580 g/mol. The van der Waals surface area contributed by atoms with Gasteiger partial charge in [-0.15, -0.1) is 5.10 Å². The number of para-hydroxylation sites is 1. The largest absolute Gasteiger partial charge is 0.382 e. The molecule has 1 aliphatic rings. The highest BCUT2D eigenvalue weighted by atomic mass is 16.6. The van der Waals surface area contributed by atoms with Crippen molar-refractivity contribution < 1.29 is 28.5 Å². The third-order valence-corrected chi connectivity index (χ3v) is 6.85. The number of nitrogens with one attached hydrogen (secondary N) is 1. The van der Waals surface area contributed by atoms with Crippen molar-refractivity contribution >= 4 is 17.5 Å². The third kappa shape index (κ3) is 8.22. The molecule has 1 N–H and O–H groups in total. The number of amides is 2. The smallest absolute Gasteiger partial charge is 0.227 e. The van der Waals surface area contributed by atoms with Crippen LogP contribution in [0.15, 0.2) is 48.5 Å². The van der Waals surface area contributed by atoms with Crippen LogP contribution in [0.4, 0.5) is 5.69 Å². The van der Waals surface area contributed by atoms with Crippen LogP contribution in [0, 0.1) is 0 Å². The topological polar surface area (TPSA) is 117 Å². The molecule has 4 rings (SSSR count). The van der Waals surface area contributed by atoms with Gasteiger partial charge in [0.1, 0.15) is 5.69 Å². The zero-order valence-electron chi connectivity index (χ0n) is 24.7. The molecule has 0 saturated carbocycles. The van der Waals surface area contributed by atoms with Gasteiger partial charge in [-0.3, -0.25) is 9.59 Å². The van der Waals surface area contributed by atoms with Gasteiger partial charge in [0.25, 0.3) is 0 Å². The number of aromatic nitrogens is 3. The normalized spacial score (nSPS) is 12.3. The van der Waals surface area contributed by atoms with E-state index < -0.39 is 0 Å². The number of rotatable bonds is 16. The number of hydrogen-bond donors (Lipinski definition) is 1. The van der Waals surface area contributed by atoms with Crippen LogP contribution in [-0.4, -0.2) is 86.7 Å². The highest BCUT2D eigenvalue weighted by Gasteiger charge is 2.29. The monoisotopic (exact) mass is 579 g/mol. The van der Waals surface area contributed by atoms with Crippen LogP contribution in [0.5, 0.6) is 0 Å². The summed E-state index contributed by atoms with van der Waals surface area (Å²) >= 11 is 0. The quantitative estimate of drug-likeness (QED) is 0.256. The van der Waals surface area contributed by atoms with Gasteiger partial charge < -0.3 is 29.2 Å². The van der Waals surface area contributed by atoms with Gasteiger partial charge in [-0.25, -0.2) is 4.68 Å². The Bertz CT molecular complexity index is 1310. The molecule has 226 valence electrons. The van der Waals surface area contributed by atoms with E-state index >= 15 is 0 Å². The van der Waals surface area contributed by atoms with Gasteiger partial charge in [0.05, 0.1) is 64.2 Å².